The van der Waals surface area contributed by atoms with E-state index in [1.54, 1.807) is 12.1 Å². The number of ether oxygens (including phenoxy) is 1. The quantitative estimate of drug-likeness (QED) is 0.514. The zero-order valence-corrected chi connectivity index (χ0v) is 11.8. The molecule has 22 heavy (non-hydrogen) atoms. The van der Waals surface area contributed by atoms with E-state index >= 15 is 0 Å². The van der Waals surface area contributed by atoms with E-state index in [0.29, 0.717) is 11.4 Å². The Hall–Kier alpha value is -2.93. The molecule has 0 saturated carbocycles. The molecule has 2 aromatic rings. The van der Waals surface area contributed by atoms with Gasteiger partial charge < -0.3 is 10.1 Å². The fourth-order valence-corrected chi connectivity index (χ4v) is 1.96. The number of hydrogen-bond acceptors (Lipinski definition) is 5. The van der Waals surface area contributed by atoms with Gasteiger partial charge in [0.25, 0.3) is 5.91 Å². The SMILES string of the molecule is O=C1NC(=O)/C(=C/c2cc(Oc3ccccc3)nc(Cl)n2)N1. The number of para-hydroxylation sites is 1. The van der Waals surface area contributed by atoms with Crippen LogP contribution in [0.25, 0.3) is 6.08 Å². The summed E-state index contributed by atoms with van der Waals surface area (Å²) in [4.78, 5) is 30.5. The summed E-state index contributed by atoms with van der Waals surface area (Å²) in [6, 6.07) is 9.94. The molecule has 0 aliphatic carbocycles. The molecular weight excluding hydrogens is 308 g/mol. The molecule has 8 heteroatoms. The highest BCUT2D eigenvalue weighted by atomic mass is 35.5. The Morgan fingerprint density at radius 2 is 1.86 bits per heavy atom. The fraction of sp³-hybridized carbons (Fsp3) is 0. The Morgan fingerprint density at radius 1 is 1.09 bits per heavy atom. The van der Waals surface area contributed by atoms with Crippen LogP contribution in [0.3, 0.4) is 0 Å². The molecule has 1 aromatic carbocycles. The standard InChI is InChI=1S/C14H9ClN4O3/c15-13-16-8(6-10-12(20)19-14(21)17-10)7-11(18-13)22-9-4-2-1-3-5-9/h1-7H,(H2,17,19,20,21)/b10-6-. The Balaban J connectivity index is 1.89. The average molecular weight is 317 g/mol. The van der Waals surface area contributed by atoms with Gasteiger partial charge >= 0.3 is 6.03 Å². The maximum Gasteiger partial charge on any atom is 0.326 e. The molecule has 110 valence electrons. The van der Waals surface area contributed by atoms with Crippen LogP contribution < -0.4 is 15.4 Å². The van der Waals surface area contributed by atoms with Gasteiger partial charge in [-0.1, -0.05) is 18.2 Å². The van der Waals surface area contributed by atoms with Crippen LogP contribution in [0.1, 0.15) is 5.69 Å². The van der Waals surface area contributed by atoms with Crippen LogP contribution in [-0.4, -0.2) is 21.9 Å². The number of nitrogens with zero attached hydrogens (tertiary/aromatic N) is 2. The van der Waals surface area contributed by atoms with Gasteiger partial charge in [-0.15, -0.1) is 0 Å². The minimum Gasteiger partial charge on any atom is -0.439 e. The third-order valence-corrected chi connectivity index (χ3v) is 2.84. The molecule has 3 rings (SSSR count). The Morgan fingerprint density at radius 3 is 2.55 bits per heavy atom. The summed E-state index contributed by atoms with van der Waals surface area (Å²) in [7, 11) is 0. The van der Waals surface area contributed by atoms with E-state index in [0.717, 1.165) is 0 Å². The highest BCUT2D eigenvalue weighted by Crippen LogP contribution is 2.21. The summed E-state index contributed by atoms with van der Waals surface area (Å²) < 4.78 is 5.56. The van der Waals surface area contributed by atoms with Gasteiger partial charge in [0.05, 0.1) is 5.69 Å². The zero-order valence-electron chi connectivity index (χ0n) is 11.0. The van der Waals surface area contributed by atoms with Gasteiger partial charge in [-0.25, -0.2) is 9.78 Å². The zero-order chi connectivity index (χ0) is 15.5. The molecule has 0 unspecified atom stereocenters. The molecule has 2 N–H and O–H groups in total. The Bertz CT molecular complexity index is 777. The van der Waals surface area contributed by atoms with E-state index in [-0.39, 0.29) is 16.9 Å². The number of amides is 3. The van der Waals surface area contributed by atoms with E-state index in [9.17, 15) is 9.59 Å². The summed E-state index contributed by atoms with van der Waals surface area (Å²) >= 11 is 5.85. The summed E-state index contributed by atoms with van der Waals surface area (Å²) in [5.74, 6) is 0.274. The van der Waals surface area contributed by atoms with Gasteiger partial charge in [0.15, 0.2) is 0 Å². The van der Waals surface area contributed by atoms with Crippen molar-refractivity contribution in [2.45, 2.75) is 0 Å². The molecule has 1 saturated heterocycles. The lowest BCUT2D eigenvalue weighted by molar-refractivity contribution is -0.115. The third-order valence-electron chi connectivity index (χ3n) is 2.67. The number of halogens is 1. The van der Waals surface area contributed by atoms with Crippen molar-refractivity contribution in [1.29, 1.82) is 0 Å². The second kappa shape index (κ2) is 5.82. The summed E-state index contributed by atoms with van der Waals surface area (Å²) in [5, 5.41) is 4.41. The number of aromatic nitrogens is 2. The summed E-state index contributed by atoms with van der Waals surface area (Å²) in [6.45, 7) is 0. The first-order chi connectivity index (χ1) is 10.6. The van der Waals surface area contributed by atoms with Crippen molar-refractivity contribution < 1.29 is 14.3 Å². The lowest BCUT2D eigenvalue weighted by Gasteiger charge is -2.05. The first-order valence-electron chi connectivity index (χ1n) is 6.22. The van der Waals surface area contributed by atoms with Crippen LogP contribution in [0.5, 0.6) is 11.6 Å². The maximum absolute atomic E-state index is 11.5. The molecule has 7 nitrogen and oxygen atoms in total. The predicted octanol–water partition coefficient (Wildman–Crippen LogP) is 2.10. The predicted molar refractivity (Wildman–Crippen MR) is 78.2 cm³/mol. The number of urea groups is 1. The lowest BCUT2D eigenvalue weighted by Crippen LogP contribution is -2.22. The van der Waals surface area contributed by atoms with Gasteiger partial charge in [-0.05, 0) is 29.8 Å². The minimum atomic E-state index is -0.586. The molecule has 1 aromatic heterocycles. The number of nitrogens with one attached hydrogen (secondary N) is 2. The number of carbonyl (C=O) groups is 2. The van der Waals surface area contributed by atoms with E-state index in [4.69, 9.17) is 16.3 Å². The van der Waals surface area contributed by atoms with E-state index in [1.807, 2.05) is 18.2 Å². The van der Waals surface area contributed by atoms with Crippen molar-refractivity contribution in [3.05, 3.63) is 53.1 Å². The lowest BCUT2D eigenvalue weighted by atomic mass is 10.3. The summed E-state index contributed by atoms with van der Waals surface area (Å²) in [6.07, 6.45) is 1.38. The van der Waals surface area contributed by atoms with Crippen molar-refractivity contribution in [2.24, 2.45) is 0 Å². The normalized spacial score (nSPS) is 15.6. The number of hydrogen-bond donors (Lipinski definition) is 2. The minimum absolute atomic E-state index is 0.0370. The highest BCUT2D eigenvalue weighted by molar-refractivity contribution is 6.28. The molecule has 1 fully saturated rings. The van der Waals surface area contributed by atoms with Gasteiger partial charge in [-0.2, -0.15) is 4.98 Å². The van der Waals surface area contributed by atoms with E-state index in [1.165, 1.54) is 12.1 Å². The van der Waals surface area contributed by atoms with Gasteiger partial charge in [-0.3, -0.25) is 10.1 Å². The molecule has 1 aliphatic heterocycles. The topological polar surface area (TPSA) is 93.2 Å². The maximum atomic E-state index is 11.5. The Kier molecular flexibility index (Phi) is 3.71. The average Bonchev–Trinajstić information content (AvgIpc) is 2.77. The van der Waals surface area contributed by atoms with Crippen LogP contribution in [0, 0.1) is 0 Å². The summed E-state index contributed by atoms with van der Waals surface area (Å²) in [5.41, 5.74) is 0.406. The number of rotatable bonds is 3. The molecule has 0 spiro atoms. The first-order valence-corrected chi connectivity index (χ1v) is 6.59. The van der Waals surface area contributed by atoms with Crippen molar-refractivity contribution in [1.82, 2.24) is 20.6 Å². The van der Waals surface area contributed by atoms with Crippen LogP contribution in [0.15, 0.2) is 42.1 Å². The van der Waals surface area contributed by atoms with Crippen molar-refractivity contribution in [3.63, 3.8) is 0 Å². The van der Waals surface area contributed by atoms with E-state index < -0.39 is 11.9 Å². The van der Waals surface area contributed by atoms with Crippen LogP contribution in [-0.2, 0) is 4.79 Å². The molecule has 0 atom stereocenters. The van der Waals surface area contributed by atoms with Gasteiger partial charge in [0.1, 0.15) is 11.4 Å². The molecule has 2 heterocycles. The second-order valence-corrected chi connectivity index (χ2v) is 4.62. The van der Waals surface area contributed by atoms with Gasteiger partial charge in [0.2, 0.25) is 11.2 Å². The highest BCUT2D eigenvalue weighted by Gasteiger charge is 2.23. The van der Waals surface area contributed by atoms with Crippen LogP contribution >= 0.6 is 11.6 Å². The molecule has 1 aliphatic rings. The molecule has 0 bridgehead atoms. The van der Waals surface area contributed by atoms with Crippen molar-refractivity contribution in [3.8, 4) is 11.6 Å². The molecular formula is C14H9ClN4O3. The van der Waals surface area contributed by atoms with Crippen molar-refractivity contribution in [2.75, 3.05) is 0 Å². The molecule has 0 radical (unpaired) electrons. The van der Waals surface area contributed by atoms with Gasteiger partial charge in [0, 0.05) is 6.07 Å². The second-order valence-electron chi connectivity index (χ2n) is 4.28. The Labute approximate surface area is 130 Å². The van der Waals surface area contributed by atoms with Crippen LogP contribution in [0.4, 0.5) is 4.79 Å². The van der Waals surface area contributed by atoms with Crippen LogP contribution in [0.2, 0.25) is 5.28 Å². The smallest absolute Gasteiger partial charge is 0.326 e. The fourth-order valence-electron chi connectivity index (χ4n) is 1.78. The third kappa shape index (κ3) is 3.21. The monoisotopic (exact) mass is 316 g/mol. The molecule has 3 amide bonds. The van der Waals surface area contributed by atoms with E-state index in [2.05, 4.69) is 20.6 Å². The largest absolute Gasteiger partial charge is 0.439 e. The van der Waals surface area contributed by atoms with Crippen molar-refractivity contribution >= 4 is 29.6 Å². The number of benzene rings is 1. The number of carbonyl (C=O) groups excluding carboxylic acids is 2. The first kappa shape index (κ1) is 14.0. The number of imide groups is 1.